The zero-order valence-corrected chi connectivity index (χ0v) is 13.5. The molecule has 1 aromatic rings. The highest BCUT2D eigenvalue weighted by molar-refractivity contribution is 8.04. The summed E-state index contributed by atoms with van der Waals surface area (Å²) in [6, 6.07) is 8.88. The molecule has 2 amide bonds. The molecule has 114 valence electrons. The molecule has 0 spiro atoms. The molecule has 2 unspecified atom stereocenters. The molecule has 1 aromatic carbocycles. The zero-order valence-electron chi connectivity index (χ0n) is 11.9. The lowest BCUT2D eigenvalue weighted by molar-refractivity contribution is 0.255. The Morgan fingerprint density at radius 3 is 2.68 bits per heavy atom. The summed E-state index contributed by atoms with van der Waals surface area (Å²) < 4.78 is 0. The van der Waals surface area contributed by atoms with E-state index in [9.17, 15) is 10.1 Å². The molecule has 0 radical (unpaired) electrons. The fourth-order valence-electron chi connectivity index (χ4n) is 2.98. The number of hydrogen-bond donors (Lipinski definition) is 2. The van der Waals surface area contributed by atoms with Crippen molar-refractivity contribution in [3.05, 3.63) is 39.9 Å². The van der Waals surface area contributed by atoms with Crippen molar-refractivity contribution in [3.63, 3.8) is 0 Å². The number of nitrogens with one attached hydrogen (secondary N) is 2. The molecule has 2 N–H and O–H groups in total. The van der Waals surface area contributed by atoms with E-state index in [1.807, 2.05) is 0 Å². The normalized spacial score (nSPS) is 23.6. The van der Waals surface area contributed by atoms with Crippen molar-refractivity contribution in [2.24, 2.45) is 5.92 Å². The SMILES string of the molecule is N#CC1=C(NC(=O)Nc2ccc(Cl)cc2)SC2CCCCC12. The van der Waals surface area contributed by atoms with Crippen LogP contribution in [0.3, 0.4) is 0 Å². The predicted octanol–water partition coefficient (Wildman–Crippen LogP) is 4.50. The van der Waals surface area contributed by atoms with Crippen LogP contribution < -0.4 is 10.6 Å². The predicted molar refractivity (Wildman–Crippen MR) is 89.6 cm³/mol. The van der Waals surface area contributed by atoms with Gasteiger partial charge in [0.15, 0.2) is 0 Å². The number of thioether (sulfide) groups is 1. The van der Waals surface area contributed by atoms with Crippen molar-refractivity contribution >= 4 is 35.1 Å². The van der Waals surface area contributed by atoms with Gasteiger partial charge >= 0.3 is 6.03 Å². The van der Waals surface area contributed by atoms with E-state index in [0.29, 0.717) is 26.9 Å². The van der Waals surface area contributed by atoms with Crippen molar-refractivity contribution < 1.29 is 4.79 Å². The molecule has 1 saturated carbocycles. The number of nitriles is 1. The van der Waals surface area contributed by atoms with Gasteiger partial charge < -0.3 is 10.6 Å². The van der Waals surface area contributed by atoms with E-state index in [-0.39, 0.29) is 6.03 Å². The number of halogens is 1. The second-order valence-corrected chi connectivity index (χ2v) is 7.17. The number of carbonyl (C=O) groups excluding carboxylic acids is 1. The molecule has 0 bridgehead atoms. The van der Waals surface area contributed by atoms with Gasteiger partial charge in [-0.2, -0.15) is 5.26 Å². The maximum absolute atomic E-state index is 12.1. The minimum absolute atomic E-state index is 0.301. The van der Waals surface area contributed by atoms with Gasteiger partial charge in [-0.3, -0.25) is 0 Å². The van der Waals surface area contributed by atoms with Crippen molar-refractivity contribution in [2.45, 2.75) is 30.9 Å². The average molecular weight is 334 g/mol. The van der Waals surface area contributed by atoms with Gasteiger partial charge in [-0.25, -0.2) is 4.79 Å². The van der Waals surface area contributed by atoms with Gasteiger partial charge in [0.2, 0.25) is 0 Å². The van der Waals surface area contributed by atoms with Crippen LogP contribution in [0.15, 0.2) is 34.9 Å². The highest BCUT2D eigenvalue weighted by Gasteiger charge is 2.37. The number of hydrogen-bond acceptors (Lipinski definition) is 3. The fraction of sp³-hybridized carbons (Fsp3) is 0.375. The van der Waals surface area contributed by atoms with E-state index in [0.717, 1.165) is 24.8 Å². The number of rotatable bonds is 2. The van der Waals surface area contributed by atoms with Gasteiger partial charge in [-0.15, -0.1) is 11.8 Å². The first-order valence-corrected chi connectivity index (χ1v) is 8.57. The second kappa shape index (κ2) is 6.64. The lowest BCUT2D eigenvalue weighted by Crippen LogP contribution is -2.27. The summed E-state index contributed by atoms with van der Waals surface area (Å²) >= 11 is 7.45. The van der Waals surface area contributed by atoms with Crippen LogP contribution in [0.4, 0.5) is 10.5 Å². The minimum Gasteiger partial charge on any atom is -0.308 e. The number of fused-ring (bicyclic) bond motifs is 1. The molecule has 3 rings (SSSR count). The lowest BCUT2D eigenvalue weighted by Gasteiger charge is -2.24. The van der Waals surface area contributed by atoms with E-state index < -0.39 is 0 Å². The molecule has 1 aliphatic heterocycles. The lowest BCUT2D eigenvalue weighted by atomic mass is 9.84. The van der Waals surface area contributed by atoms with Crippen molar-refractivity contribution in [1.82, 2.24) is 5.32 Å². The number of nitrogens with zero attached hydrogens (tertiary/aromatic N) is 1. The molecular weight excluding hydrogens is 318 g/mol. The molecule has 0 saturated heterocycles. The topological polar surface area (TPSA) is 64.9 Å². The van der Waals surface area contributed by atoms with Crippen LogP contribution in [-0.4, -0.2) is 11.3 Å². The van der Waals surface area contributed by atoms with Crippen molar-refractivity contribution in [2.75, 3.05) is 5.32 Å². The summed E-state index contributed by atoms with van der Waals surface area (Å²) in [5.41, 5.74) is 1.40. The number of amides is 2. The number of anilines is 1. The van der Waals surface area contributed by atoms with Crippen LogP contribution in [0.2, 0.25) is 5.02 Å². The molecule has 2 aliphatic rings. The third-order valence-corrected chi connectivity index (χ3v) is 5.71. The molecule has 22 heavy (non-hydrogen) atoms. The first kappa shape index (κ1) is 15.3. The molecule has 1 heterocycles. The van der Waals surface area contributed by atoms with Crippen LogP contribution in [0.1, 0.15) is 25.7 Å². The second-order valence-electron chi connectivity index (χ2n) is 5.49. The number of carbonyl (C=O) groups is 1. The Hall–Kier alpha value is -1.64. The highest BCUT2D eigenvalue weighted by atomic mass is 35.5. The van der Waals surface area contributed by atoms with Crippen molar-refractivity contribution in [1.29, 1.82) is 5.26 Å². The monoisotopic (exact) mass is 333 g/mol. The Morgan fingerprint density at radius 1 is 1.23 bits per heavy atom. The number of benzene rings is 1. The van der Waals surface area contributed by atoms with Crippen LogP contribution >= 0.6 is 23.4 Å². The quantitative estimate of drug-likeness (QED) is 0.837. The fourth-order valence-corrected chi connectivity index (χ4v) is 4.61. The molecule has 4 nitrogen and oxygen atoms in total. The smallest absolute Gasteiger partial charge is 0.308 e. The van der Waals surface area contributed by atoms with Gasteiger partial charge in [0, 0.05) is 21.9 Å². The van der Waals surface area contributed by atoms with Gasteiger partial charge in [0.05, 0.1) is 16.7 Å². The molecule has 1 fully saturated rings. The summed E-state index contributed by atoms with van der Waals surface area (Å²) in [5, 5.41) is 16.8. The standard InChI is InChI=1S/C16H16ClN3OS/c17-10-5-7-11(8-6-10)19-16(21)20-15-13(9-18)12-3-1-2-4-14(12)22-15/h5-8,12,14H,1-4H2,(H2,19,20,21). The Balaban J connectivity index is 1.67. The molecule has 1 aliphatic carbocycles. The van der Waals surface area contributed by atoms with Crippen LogP contribution in [0, 0.1) is 17.2 Å². The molecule has 0 aromatic heterocycles. The third-order valence-electron chi connectivity index (χ3n) is 4.04. The van der Waals surface area contributed by atoms with Crippen LogP contribution in [0.5, 0.6) is 0 Å². The first-order valence-electron chi connectivity index (χ1n) is 7.32. The third kappa shape index (κ3) is 3.23. The Labute approximate surface area is 138 Å². The Bertz CT molecular complexity index is 650. The number of allylic oxidation sites excluding steroid dienone is 1. The highest BCUT2D eigenvalue weighted by Crippen LogP contribution is 2.47. The van der Waals surface area contributed by atoms with Crippen molar-refractivity contribution in [3.8, 4) is 6.07 Å². The largest absolute Gasteiger partial charge is 0.324 e. The number of urea groups is 1. The summed E-state index contributed by atoms with van der Waals surface area (Å²) in [6.45, 7) is 0. The van der Waals surface area contributed by atoms with E-state index >= 15 is 0 Å². The van der Waals surface area contributed by atoms with Gasteiger partial charge in [0.25, 0.3) is 0 Å². The molecular formula is C16H16ClN3OS. The minimum atomic E-state index is -0.323. The maximum atomic E-state index is 12.1. The maximum Gasteiger partial charge on any atom is 0.324 e. The molecule has 6 heteroatoms. The summed E-state index contributed by atoms with van der Waals surface area (Å²) in [6.07, 6.45) is 4.53. The van der Waals surface area contributed by atoms with Gasteiger partial charge in [0.1, 0.15) is 0 Å². The average Bonchev–Trinajstić information content (AvgIpc) is 2.86. The summed E-state index contributed by atoms with van der Waals surface area (Å²) in [5.74, 6) is 0.301. The Morgan fingerprint density at radius 2 is 1.95 bits per heavy atom. The van der Waals surface area contributed by atoms with Gasteiger partial charge in [-0.1, -0.05) is 24.4 Å². The van der Waals surface area contributed by atoms with E-state index in [1.165, 1.54) is 6.42 Å². The first-order chi connectivity index (χ1) is 10.7. The van der Waals surface area contributed by atoms with E-state index in [2.05, 4.69) is 16.7 Å². The molecule has 2 atom stereocenters. The van der Waals surface area contributed by atoms with Gasteiger partial charge in [-0.05, 0) is 37.1 Å². The summed E-state index contributed by atoms with van der Waals surface area (Å²) in [7, 11) is 0. The Kier molecular flexibility index (Phi) is 4.60. The van der Waals surface area contributed by atoms with Crippen LogP contribution in [-0.2, 0) is 0 Å². The van der Waals surface area contributed by atoms with E-state index in [4.69, 9.17) is 11.6 Å². The van der Waals surface area contributed by atoms with E-state index in [1.54, 1.807) is 36.0 Å². The zero-order chi connectivity index (χ0) is 15.5. The van der Waals surface area contributed by atoms with Crippen LogP contribution in [0.25, 0.3) is 0 Å². The summed E-state index contributed by atoms with van der Waals surface area (Å²) in [4.78, 5) is 12.1.